The normalized spacial score (nSPS) is 14.4. The molecule has 1 saturated heterocycles. The van der Waals surface area contributed by atoms with Crippen LogP contribution in [0.15, 0.2) is 65.6 Å². The van der Waals surface area contributed by atoms with Gasteiger partial charge in [0.15, 0.2) is 6.61 Å². The molecule has 3 aromatic rings. The number of rotatable bonds is 10. The zero-order chi connectivity index (χ0) is 34.7. The van der Waals surface area contributed by atoms with Gasteiger partial charge in [0.2, 0.25) is 5.91 Å². The number of anilines is 1. The van der Waals surface area contributed by atoms with Crippen LogP contribution >= 0.6 is 24.0 Å². The molecule has 0 aliphatic carbocycles. The first-order valence-electron chi connectivity index (χ1n) is 13.1. The van der Waals surface area contributed by atoms with Gasteiger partial charge in [-0.2, -0.15) is 26.3 Å². The van der Waals surface area contributed by atoms with E-state index in [1.165, 1.54) is 30.3 Å². The van der Waals surface area contributed by atoms with Gasteiger partial charge in [-0.1, -0.05) is 30.0 Å². The lowest BCUT2D eigenvalue weighted by atomic mass is 9.97. The first-order chi connectivity index (χ1) is 21.9. The number of nitrogens with one attached hydrogen (secondary N) is 1. The summed E-state index contributed by atoms with van der Waals surface area (Å²) in [6, 6.07) is 9.80. The molecule has 3 aromatic carbocycles. The minimum absolute atomic E-state index is 0.00953. The molecule has 0 atom stereocenters. The number of hydrogen-bond donors (Lipinski definition) is 3. The molecule has 1 aliphatic rings. The van der Waals surface area contributed by atoms with Crippen LogP contribution in [0.5, 0.6) is 5.75 Å². The molecule has 246 valence electrons. The maximum Gasteiger partial charge on any atom is 0.416 e. The van der Waals surface area contributed by atoms with Crippen molar-refractivity contribution in [1.29, 1.82) is 0 Å². The highest BCUT2D eigenvalue weighted by molar-refractivity contribution is 8.26. The standard InChI is InChI=1S/C30H20F6N2O7S2/c31-29(32,33)19-10-17(11-20(13-19)30(34,35)36)16-3-6-22(45-14-25(40)41)18(9-16)12-23-26(42)38(28(46)47-23)8-7-24(39)37-21-4-1-15(2-5-21)27(43)44/h1-6,9-13H,7-8,14H2,(H,37,39)(H,40,41)(H,43,44). The van der Waals surface area contributed by atoms with Gasteiger partial charge in [0.05, 0.1) is 21.6 Å². The summed E-state index contributed by atoms with van der Waals surface area (Å²) in [6.07, 6.45) is -9.22. The van der Waals surface area contributed by atoms with E-state index in [4.69, 9.17) is 27.2 Å². The molecule has 4 rings (SSSR count). The topological polar surface area (TPSA) is 133 Å². The second-order valence-electron chi connectivity index (χ2n) is 9.74. The summed E-state index contributed by atoms with van der Waals surface area (Å²) in [6.45, 7) is -1.02. The Bertz CT molecular complexity index is 1760. The number of ether oxygens (including phenoxy) is 1. The summed E-state index contributed by atoms with van der Waals surface area (Å²) >= 11 is 6.06. The van der Waals surface area contributed by atoms with Gasteiger partial charge in [-0.05, 0) is 71.8 Å². The van der Waals surface area contributed by atoms with Gasteiger partial charge in [0, 0.05) is 24.2 Å². The smallest absolute Gasteiger partial charge is 0.416 e. The molecule has 2 amide bonds. The fourth-order valence-corrected chi connectivity index (χ4v) is 5.50. The summed E-state index contributed by atoms with van der Waals surface area (Å²) in [5.41, 5.74) is -3.40. The first kappa shape index (κ1) is 35.0. The quantitative estimate of drug-likeness (QED) is 0.119. The number of nitrogens with zero attached hydrogens (tertiary/aromatic N) is 1. The number of carboxylic acid groups (broad SMARTS) is 2. The van der Waals surface area contributed by atoms with Crippen LogP contribution in [-0.4, -0.2) is 56.3 Å². The number of carboxylic acids is 2. The van der Waals surface area contributed by atoms with E-state index in [-0.39, 0.29) is 50.7 Å². The fraction of sp³-hybridized carbons (Fsp3) is 0.167. The summed E-state index contributed by atoms with van der Waals surface area (Å²) < 4.78 is 86.1. The zero-order valence-corrected chi connectivity index (χ0v) is 25.1. The molecule has 0 bridgehead atoms. The molecule has 1 aliphatic heterocycles. The van der Waals surface area contributed by atoms with Crippen molar-refractivity contribution >= 4 is 63.8 Å². The van der Waals surface area contributed by atoms with Crippen molar-refractivity contribution < 1.29 is 60.5 Å². The van der Waals surface area contributed by atoms with Gasteiger partial charge in [0.1, 0.15) is 10.1 Å². The average Bonchev–Trinajstić information content (AvgIpc) is 3.25. The third-order valence-corrected chi connectivity index (χ3v) is 7.80. The lowest BCUT2D eigenvalue weighted by Gasteiger charge is -2.16. The molecule has 0 spiro atoms. The van der Waals surface area contributed by atoms with Crippen molar-refractivity contribution in [3.8, 4) is 16.9 Å². The van der Waals surface area contributed by atoms with Crippen LogP contribution in [0.1, 0.15) is 33.5 Å². The molecule has 0 saturated carbocycles. The van der Waals surface area contributed by atoms with Crippen LogP contribution in [-0.2, 0) is 26.7 Å². The highest BCUT2D eigenvalue weighted by Crippen LogP contribution is 2.40. The second kappa shape index (κ2) is 13.8. The van der Waals surface area contributed by atoms with Crippen molar-refractivity contribution in [2.75, 3.05) is 18.5 Å². The predicted molar refractivity (Wildman–Crippen MR) is 162 cm³/mol. The number of amides is 2. The lowest BCUT2D eigenvalue weighted by Crippen LogP contribution is -2.31. The van der Waals surface area contributed by atoms with Gasteiger partial charge in [-0.3, -0.25) is 14.5 Å². The molecule has 1 heterocycles. The van der Waals surface area contributed by atoms with Gasteiger partial charge in [0.25, 0.3) is 5.91 Å². The molecule has 47 heavy (non-hydrogen) atoms. The van der Waals surface area contributed by atoms with Gasteiger partial charge >= 0.3 is 24.3 Å². The number of benzene rings is 3. The molecule has 3 N–H and O–H groups in total. The number of aliphatic carboxylic acids is 1. The molecular formula is C30H20F6N2O7S2. The van der Waals surface area contributed by atoms with E-state index in [0.717, 1.165) is 34.9 Å². The average molecular weight is 699 g/mol. The monoisotopic (exact) mass is 698 g/mol. The van der Waals surface area contributed by atoms with Crippen LogP contribution in [0.2, 0.25) is 0 Å². The molecule has 17 heteroatoms. The predicted octanol–water partition coefficient (Wildman–Crippen LogP) is 6.78. The van der Waals surface area contributed by atoms with Crippen LogP contribution in [0.25, 0.3) is 17.2 Å². The van der Waals surface area contributed by atoms with Crippen molar-refractivity contribution in [2.24, 2.45) is 0 Å². The summed E-state index contributed by atoms with van der Waals surface area (Å²) in [5.74, 6) is -3.87. The van der Waals surface area contributed by atoms with Gasteiger partial charge < -0.3 is 20.3 Å². The Hall–Kier alpha value is -4.90. The zero-order valence-electron chi connectivity index (χ0n) is 23.4. The lowest BCUT2D eigenvalue weighted by molar-refractivity contribution is -0.143. The van der Waals surface area contributed by atoms with Crippen molar-refractivity contribution in [3.63, 3.8) is 0 Å². The van der Waals surface area contributed by atoms with Gasteiger partial charge in [-0.15, -0.1) is 0 Å². The largest absolute Gasteiger partial charge is 0.481 e. The Labute approximate surface area is 270 Å². The molecular weight excluding hydrogens is 678 g/mol. The van der Waals surface area contributed by atoms with Crippen molar-refractivity contribution in [3.05, 3.63) is 87.8 Å². The Kier molecular flexibility index (Phi) is 10.3. The van der Waals surface area contributed by atoms with Crippen LogP contribution in [0.3, 0.4) is 0 Å². The number of aromatic carboxylic acids is 1. The number of thiocarbonyl (C=S) groups is 1. The van der Waals surface area contributed by atoms with Crippen molar-refractivity contribution in [1.82, 2.24) is 4.90 Å². The summed E-state index contributed by atoms with van der Waals surface area (Å²) in [4.78, 5) is 48.8. The van der Waals surface area contributed by atoms with E-state index in [1.54, 1.807) is 0 Å². The van der Waals surface area contributed by atoms with Crippen LogP contribution in [0, 0.1) is 0 Å². The molecule has 9 nitrogen and oxygen atoms in total. The van der Waals surface area contributed by atoms with E-state index in [0.29, 0.717) is 17.8 Å². The van der Waals surface area contributed by atoms with Crippen LogP contribution < -0.4 is 10.1 Å². The highest BCUT2D eigenvalue weighted by atomic mass is 32.2. The Morgan fingerprint density at radius 3 is 2.06 bits per heavy atom. The fourth-order valence-electron chi connectivity index (χ4n) is 4.20. The third kappa shape index (κ3) is 8.88. The Balaban J connectivity index is 1.61. The number of carbonyl (C=O) groups excluding carboxylic acids is 2. The Morgan fingerprint density at radius 2 is 1.51 bits per heavy atom. The molecule has 0 radical (unpaired) electrons. The number of thioether (sulfide) groups is 1. The van der Waals surface area contributed by atoms with E-state index in [1.807, 2.05) is 0 Å². The molecule has 0 unspecified atom stereocenters. The number of alkyl halides is 6. The number of halogens is 6. The molecule has 0 aromatic heterocycles. The van der Waals surface area contributed by atoms with E-state index in [9.17, 15) is 45.5 Å². The third-order valence-electron chi connectivity index (χ3n) is 6.42. The first-order valence-corrected chi connectivity index (χ1v) is 14.3. The minimum atomic E-state index is -5.10. The number of hydrogen-bond acceptors (Lipinski definition) is 7. The molecule has 1 fully saturated rings. The summed E-state index contributed by atoms with van der Waals surface area (Å²) in [5, 5.41) is 20.6. The van der Waals surface area contributed by atoms with E-state index < -0.39 is 59.4 Å². The summed E-state index contributed by atoms with van der Waals surface area (Å²) in [7, 11) is 0. The van der Waals surface area contributed by atoms with E-state index >= 15 is 0 Å². The highest BCUT2D eigenvalue weighted by Gasteiger charge is 2.37. The van der Waals surface area contributed by atoms with Crippen molar-refractivity contribution in [2.45, 2.75) is 18.8 Å². The number of carbonyl (C=O) groups is 4. The maximum absolute atomic E-state index is 13.5. The van der Waals surface area contributed by atoms with Gasteiger partial charge in [-0.25, -0.2) is 9.59 Å². The van der Waals surface area contributed by atoms with E-state index in [2.05, 4.69) is 5.32 Å². The minimum Gasteiger partial charge on any atom is -0.481 e. The SMILES string of the molecule is O=C(O)COc1ccc(-c2cc(C(F)(F)F)cc(C(F)(F)F)c2)cc1C=C1SC(=S)N(CCC(=O)Nc2ccc(C(=O)O)cc2)C1=O. The Morgan fingerprint density at radius 1 is 0.894 bits per heavy atom. The van der Waals surface area contributed by atoms with Crippen LogP contribution in [0.4, 0.5) is 32.0 Å². The second-order valence-corrected chi connectivity index (χ2v) is 11.4. The maximum atomic E-state index is 13.5.